The maximum absolute atomic E-state index is 12.6. The van der Waals surface area contributed by atoms with Gasteiger partial charge in [-0.25, -0.2) is 0 Å². The molecule has 6 heteroatoms. The number of piperazine rings is 1. The molecule has 0 spiro atoms. The first kappa shape index (κ1) is 18.3. The van der Waals surface area contributed by atoms with Gasteiger partial charge in [0.1, 0.15) is 11.8 Å². The van der Waals surface area contributed by atoms with Crippen molar-refractivity contribution in [1.29, 1.82) is 0 Å². The van der Waals surface area contributed by atoms with Gasteiger partial charge in [-0.15, -0.1) is 0 Å². The average Bonchev–Trinajstić information content (AvgIpc) is 2.56. The van der Waals surface area contributed by atoms with Gasteiger partial charge in [0.05, 0.1) is 0 Å². The zero-order valence-electron chi connectivity index (χ0n) is 14.8. The number of carboxylic acids is 1. The number of aryl methyl sites for hydroxylation is 2. The van der Waals surface area contributed by atoms with Crippen LogP contribution in [-0.4, -0.2) is 65.1 Å². The number of carbonyl (C=O) groups is 2. The number of hydrogen-bond acceptors (Lipinski definition) is 4. The maximum atomic E-state index is 12.6. The van der Waals surface area contributed by atoms with Crippen LogP contribution in [0, 0.1) is 13.8 Å². The summed E-state index contributed by atoms with van der Waals surface area (Å²) in [6.07, 6.45) is -0.561. The second kappa shape index (κ2) is 7.66. The summed E-state index contributed by atoms with van der Waals surface area (Å²) in [7, 11) is 0. The summed E-state index contributed by atoms with van der Waals surface area (Å²) < 4.78 is 5.85. The van der Waals surface area contributed by atoms with Crippen molar-refractivity contribution in [2.75, 3.05) is 26.2 Å². The number of benzene rings is 1. The summed E-state index contributed by atoms with van der Waals surface area (Å²) in [5.41, 5.74) is 2.09. The fourth-order valence-corrected chi connectivity index (χ4v) is 2.82. The molecule has 0 radical (unpaired) electrons. The van der Waals surface area contributed by atoms with Crippen LogP contribution in [0.2, 0.25) is 0 Å². The fraction of sp³-hybridized carbons (Fsp3) is 0.556. The SMILES string of the molecule is Cc1ccc(C)c(O[C@H](C)C(=O)N2CCN([C@H](C)C(=O)O)CC2)c1. The Morgan fingerprint density at radius 1 is 1.12 bits per heavy atom. The second-order valence-corrected chi connectivity index (χ2v) is 6.40. The standard InChI is InChI=1S/C18H26N2O4/c1-12-5-6-13(2)16(11-12)24-15(4)17(21)20-9-7-19(8-10-20)14(3)18(22)23/h5-6,11,14-15H,7-10H2,1-4H3,(H,22,23)/t14-,15-/m1/s1. The molecule has 2 rings (SSSR count). The van der Waals surface area contributed by atoms with Gasteiger partial charge in [-0.2, -0.15) is 0 Å². The fourth-order valence-electron chi connectivity index (χ4n) is 2.82. The largest absolute Gasteiger partial charge is 0.481 e. The van der Waals surface area contributed by atoms with E-state index in [0.29, 0.717) is 26.2 Å². The Labute approximate surface area is 143 Å². The molecule has 1 saturated heterocycles. The molecule has 1 amide bonds. The van der Waals surface area contributed by atoms with Gasteiger partial charge in [-0.1, -0.05) is 12.1 Å². The molecule has 1 heterocycles. The van der Waals surface area contributed by atoms with Crippen molar-refractivity contribution < 1.29 is 19.4 Å². The van der Waals surface area contributed by atoms with E-state index in [2.05, 4.69) is 0 Å². The Kier molecular flexibility index (Phi) is 5.83. The first-order valence-electron chi connectivity index (χ1n) is 8.29. The van der Waals surface area contributed by atoms with E-state index >= 15 is 0 Å². The number of nitrogens with zero attached hydrogens (tertiary/aromatic N) is 2. The molecule has 0 unspecified atom stereocenters. The molecule has 0 saturated carbocycles. The molecule has 1 fully saturated rings. The smallest absolute Gasteiger partial charge is 0.320 e. The lowest BCUT2D eigenvalue weighted by Gasteiger charge is -2.37. The molecule has 0 aliphatic carbocycles. The van der Waals surface area contributed by atoms with Crippen LogP contribution in [0.3, 0.4) is 0 Å². The lowest BCUT2D eigenvalue weighted by Crippen LogP contribution is -2.55. The molecule has 1 aliphatic rings. The van der Waals surface area contributed by atoms with Crippen LogP contribution in [-0.2, 0) is 9.59 Å². The minimum absolute atomic E-state index is 0.0569. The molecule has 132 valence electrons. The molecule has 1 aromatic rings. The maximum Gasteiger partial charge on any atom is 0.320 e. The van der Waals surface area contributed by atoms with Gasteiger partial charge in [-0.3, -0.25) is 14.5 Å². The Balaban J connectivity index is 1.92. The first-order valence-corrected chi connectivity index (χ1v) is 8.29. The molecule has 0 aromatic heterocycles. The number of ether oxygens (including phenoxy) is 1. The van der Waals surface area contributed by atoms with Crippen molar-refractivity contribution in [2.45, 2.75) is 39.8 Å². The van der Waals surface area contributed by atoms with Crippen LogP contribution in [0.25, 0.3) is 0 Å². The van der Waals surface area contributed by atoms with Crippen LogP contribution in [0.4, 0.5) is 0 Å². The van der Waals surface area contributed by atoms with Gasteiger partial charge >= 0.3 is 5.97 Å². The third kappa shape index (κ3) is 4.26. The van der Waals surface area contributed by atoms with Crippen molar-refractivity contribution >= 4 is 11.9 Å². The van der Waals surface area contributed by atoms with Crippen molar-refractivity contribution in [3.05, 3.63) is 29.3 Å². The summed E-state index contributed by atoms with van der Waals surface area (Å²) in [5, 5.41) is 9.07. The van der Waals surface area contributed by atoms with Gasteiger partial charge in [0.2, 0.25) is 0 Å². The summed E-state index contributed by atoms with van der Waals surface area (Å²) in [6, 6.07) is 5.41. The molecular weight excluding hydrogens is 308 g/mol. The third-order valence-electron chi connectivity index (χ3n) is 4.53. The van der Waals surface area contributed by atoms with E-state index in [9.17, 15) is 9.59 Å². The number of carbonyl (C=O) groups excluding carboxylic acids is 1. The summed E-state index contributed by atoms with van der Waals surface area (Å²) >= 11 is 0. The second-order valence-electron chi connectivity index (χ2n) is 6.40. The Morgan fingerprint density at radius 3 is 2.33 bits per heavy atom. The molecule has 24 heavy (non-hydrogen) atoms. The predicted molar refractivity (Wildman–Crippen MR) is 91.3 cm³/mol. The van der Waals surface area contributed by atoms with Gasteiger partial charge in [0.15, 0.2) is 6.10 Å². The number of aliphatic carboxylic acids is 1. The van der Waals surface area contributed by atoms with Crippen molar-refractivity contribution in [1.82, 2.24) is 9.80 Å². The highest BCUT2D eigenvalue weighted by molar-refractivity contribution is 5.81. The van der Waals surface area contributed by atoms with Crippen molar-refractivity contribution in [3.63, 3.8) is 0 Å². The summed E-state index contributed by atoms with van der Waals surface area (Å²) in [4.78, 5) is 27.2. The first-order chi connectivity index (χ1) is 11.3. The number of carboxylic acid groups (broad SMARTS) is 1. The van der Waals surface area contributed by atoms with Crippen molar-refractivity contribution in [2.24, 2.45) is 0 Å². The van der Waals surface area contributed by atoms with Crippen LogP contribution < -0.4 is 4.74 Å². The van der Waals surface area contributed by atoms with E-state index in [-0.39, 0.29) is 5.91 Å². The lowest BCUT2D eigenvalue weighted by atomic mass is 10.1. The lowest BCUT2D eigenvalue weighted by molar-refractivity contribution is -0.145. The molecule has 1 N–H and O–H groups in total. The summed E-state index contributed by atoms with van der Waals surface area (Å²) in [6.45, 7) is 9.56. The highest BCUT2D eigenvalue weighted by atomic mass is 16.5. The van der Waals surface area contributed by atoms with E-state index in [4.69, 9.17) is 9.84 Å². The van der Waals surface area contributed by atoms with Crippen LogP contribution in [0.5, 0.6) is 5.75 Å². The van der Waals surface area contributed by atoms with Gasteiger partial charge in [0, 0.05) is 26.2 Å². The van der Waals surface area contributed by atoms with E-state index in [0.717, 1.165) is 16.9 Å². The Morgan fingerprint density at radius 2 is 1.75 bits per heavy atom. The van der Waals surface area contributed by atoms with Crippen LogP contribution in [0.1, 0.15) is 25.0 Å². The zero-order chi connectivity index (χ0) is 17.9. The Hall–Kier alpha value is -2.08. The van der Waals surface area contributed by atoms with E-state index in [1.807, 2.05) is 36.9 Å². The highest BCUT2D eigenvalue weighted by Crippen LogP contribution is 2.21. The molecule has 2 atom stereocenters. The topological polar surface area (TPSA) is 70.1 Å². The minimum atomic E-state index is -0.832. The summed E-state index contributed by atoms with van der Waals surface area (Å²) in [5.74, 6) is -0.158. The number of amides is 1. The Bertz CT molecular complexity index is 609. The van der Waals surface area contributed by atoms with E-state index < -0.39 is 18.1 Å². The van der Waals surface area contributed by atoms with Crippen LogP contribution >= 0.6 is 0 Å². The number of hydrogen-bond donors (Lipinski definition) is 1. The highest BCUT2D eigenvalue weighted by Gasteiger charge is 2.29. The van der Waals surface area contributed by atoms with E-state index in [1.165, 1.54) is 0 Å². The predicted octanol–water partition coefficient (Wildman–Crippen LogP) is 1.69. The van der Waals surface area contributed by atoms with E-state index in [1.54, 1.807) is 18.7 Å². The van der Waals surface area contributed by atoms with Gasteiger partial charge in [-0.05, 0) is 44.9 Å². The third-order valence-corrected chi connectivity index (χ3v) is 4.53. The monoisotopic (exact) mass is 334 g/mol. The molecular formula is C18H26N2O4. The number of rotatable bonds is 5. The molecule has 1 aliphatic heterocycles. The van der Waals surface area contributed by atoms with Crippen molar-refractivity contribution in [3.8, 4) is 5.75 Å². The van der Waals surface area contributed by atoms with Gasteiger partial charge < -0.3 is 14.7 Å². The van der Waals surface area contributed by atoms with Crippen LogP contribution in [0.15, 0.2) is 18.2 Å². The molecule has 0 bridgehead atoms. The molecule has 6 nitrogen and oxygen atoms in total. The van der Waals surface area contributed by atoms with Gasteiger partial charge in [0.25, 0.3) is 5.91 Å². The normalized spacial score (nSPS) is 18.1. The molecule has 1 aromatic carbocycles. The average molecular weight is 334 g/mol. The quantitative estimate of drug-likeness (QED) is 0.887. The minimum Gasteiger partial charge on any atom is -0.481 e. The zero-order valence-corrected chi connectivity index (χ0v) is 14.8.